The van der Waals surface area contributed by atoms with Crippen LogP contribution >= 0.6 is 0 Å². The Kier molecular flexibility index (Phi) is 6.40. The molecule has 1 saturated heterocycles. The van der Waals surface area contributed by atoms with Crippen molar-refractivity contribution in [2.75, 3.05) is 32.9 Å². The summed E-state index contributed by atoms with van der Waals surface area (Å²) in [6.45, 7) is 2.55. The highest BCUT2D eigenvalue weighted by atomic mass is 32.2. The van der Waals surface area contributed by atoms with Crippen LogP contribution < -0.4 is 15.9 Å². The number of likely N-dealkylation sites (N-methyl/N-ethyl adjacent to an activating group) is 1. The first-order chi connectivity index (χ1) is 14.8. The van der Waals surface area contributed by atoms with E-state index in [1.807, 2.05) is 4.90 Å². The molecule has 1 unspecified atom stereocenters. The fraction of sp³-hybridized carbons (Fsp3) is 0.450. The Morgan fingerprint density at radius 1 is 1.25 bits per heavy atom. The van der Waals surface area contributed by atoms with Crippen LogP contribution in [0.4, 0.5) is 4.39 Å². The highest BCUT2D eigenvalue weighted by Crippen LogP contribution is 2.29. The van der Waals surface area contributed by atoms with E-state index in [9.17, 15) is 27.5 Å². The van der Waals surface area contributed by atoms with Gasteiger partial charge in [-0.15, -0.1) is 0 Å². The second-order valence-electron chi connectivity index (χ2n) is 8.16. The van der Waals surface area contributed by atoms with Crippen molar-refractivity contribution in [3.05, 3.63) is 57.5 Å². The van der Waals surface area contributed by atoms with Crippen molar-refractivity contribution in [2.24, 2.45) is 7.05 Å². The Hall–Kier alpha value is -2.83. The fourth-order valence-electron chi connectivity index (χ4n) is 3.75. The molecule has 2 aromatic rings. The van der Waals surface area contributed by atoms with E-state index in [2.05, 4.69) is 10.3 Å². The van der Waals surface area contributed by atoms with Gasteiger partial charge in [0, 0.05) is 26.2 Å². The normalized spacial score (nSPS) is 20.3. The van der Waals surface area contributed by atoms with Gasteiger partial charge in [-0.2, -0.15) is 8.87 Å². The maximum atomic E-state index is 13.1. The number of piperazine rings is 1. The van der Waals surface area contributed by atoms with E-state index < -0.39 is 38.6 Å². The maximum Gasteiger partial charge on any atom is 0.380 e. The van der Waals surface area contributed by atoms with Crippen LogP contribution in [0.25, 0.3) is 0 Å². The molecule has 174 valence electrons. The van der Waals surface area contributed by atoms with Gasteiger partial charge in [0.25, 0.3) is 17.5 Å². The SMILES string of the molecule is CN1CCN(S(C)(=O)=O)CC1(C)c1[nH+]c(C(=O)NCc2ccc(F)cc2)c(O)c(=O)n1C. The summed E-state index contributed by atoms with van der Waals surface area (Å²) in [4.78, 5) is 30.2. The number of aromatic nitrogens is 2. The largest absolute Gasteiger partial charge is 0.498 e. The molecule has 1 fully saturated rings. The summed E-state index contributed by atoms with van der Waals surface area (Å²) in [7, 11) is -0.250. The molecule has 1 aliphatic rings. The van der Waals surface area contributed by atoms with Gasteiger partial charge < -0.3 is 10.4 Å². The summed E-state index contributed by atoms with van der Waals surface area (Å²) in [5.74, 6) is -1.62. The van der Waals surface area contributed by atoms with E-state index in [0.29, 0.717) is 18.7 Å². The maximum absolute atomic E-state index is 13.1. The molecule has 0 spiro atoms. The Balaban J connectivity index is 1.98. The first-order valence-electron chi connectivity index (χ1n) is 9.89. The van der Waals surface area contributed by atoms with Gasteiger partial charge >= 0.3 is 5.56 Å². The number of rotatable bonds is 5. The number of nitrogens with one attached hydrogen (secondary N) is 2. The lowest BCUT2D eigenvalue weighted by Gasteiger charge is -2.43. The highest BCUT2D eigenvalue weighted by molar-refractivity contribution is 7.88. The van der Waals surface area contributed by atoms with Crippen molar-refractivity contribution >= 4 is 15.9 Å². The number of carbonyl (C=O) groups is 1. The monoisotopic (exact) mass is 468 g/mol. The van der Waals surface area contributed by atoms with Gasteiger partial charge in [-0.25, -0.2) is 22.6 Å². The summed E-state index contributed by atoms with van der Waals surface area (Å²) < 4.78 is 39.8. The van der Waals surface area contributed by atoms with Crippen LogP contribution in [0.1, 0.15) is 28.8 Å². The summed E-state index contributed by atoms with van der Waals surface area (Å²) >= 11 is 0. The van der Waals surface area contributed by atoms with E-state index in [4.69, 9.17) is 0 Å². The predicted molar refractivity (Wildman–Crippen MR) is 114 cm³/mol. The lowest BCUT2D eigenvalue weighted by atomic mass is 9.96. The third-order valence-electron chi connectivity index (χ3n) is 5.91. The van der Waals surface area contributed by atoms with Crippen molar-refractivity contribution in [3.63, 3.8) is 0 Å². The lowest BCUT2D eigenvalue weighted by molar-refractivity contribution is -0.417. The minimum absolute atomic E-state index is 0.0491. The zero-order chi connectivity index (χ0) is 23.8. The third-order valence-corrected chi connectivity index (χ3v) is 7.16. The van der Waals surface area contributed by atoms with Crippen LogP contribution in [0.2, 0.25) is 0 Å². The van der Waals surface area contributed by atoms with Gasteiger partial charge in [0.15, 0.2) is 0 Å². The Labute approximate surface area is 185 Å². The summed E-state index contributed by atoms with van der Waals surface area (Å²) in [6.07, 6.45) is 1.12. The summed E-state index contributed by atoms with van der Waals surface area (Å²) in [5.41, 5.74) is -1.48. The van der Waals surface area contributed by atoms with Gasteiger partial charge in [-0.05, 0) is 31.7 Å². The summed E-state index contributed by atoms with van der Waals surface area (Å²) in [6, 6.07) is 5.53. The number of nitrogens with zero attached hydrogens (tertiary/aromatic N) is 3. The van der Waals surface area contributed by atoms with Crippen LogP contribution in [0.15, 0.2) is 29.1 Å². The average Bonchev–Trinajstić information content (AvgIpc) is 2.72. The number of benzene rings is 1. The number of hydrogen-bond acceptors (Lipinski definition) is 6. The highest BCUT2D eigenvalue weighted by Gasteiger charge is 2.47. The van der Waals surface area contributed by atoms with E-state index >= 15 is 0 Å². The molecular formula is C20H27FN5O5S+. The van der Waals surface area contributed by atoms with Crippen LogP contribution in [0.5, 0.6) is 5.75 Å². The number of carbonyl (C=O) groups excluding carboxylic acids is 1. The fourth-order valence-corrected chi connectivity index (χ4v) is 4.65. The number of halogens is 1. The number of sulfonamides is 1. The van der Waals surface area contributed by atoms with Crippen LogP contribution in [0, 0.1) is 5.82 Å². The minimum atomic E-state index is -3.48. The van der Waals surface area contributed by atoms with E-state index in [-0.39, 0.29) is 24.6 Å². The molecule has 0 aliphatic carbocycles. The molecule has 1 aromatic heterocycles. The standard InChI is InChI=1S/C20H26FN5O5S/c1-20(12-26(32(4,30)31)10-9-24(20)2)19-23-15(16(27)18(29)25(19)3)17(28)22-11-13-5-7-14(21)8-6-13/h5-8,27H,9-12H2,1-4H3,(H,22,28)/p+1. The van der Waals surface area contributed by atoms with Gasteiger partial charge in [-0.1, -0.05) is 12.1 Å². The van der Waals surface area contributed by atoms with Gasteiger partial charge in [0.05, 0.1) is 13.3 Å². The number of H-pyrrole nitrogens is 1. The predicted octanol–water partition coefficient (Wildman–Crippen LogP) is -0.604. The van der Waals surface area contributed by atoms with Crippen molar-refractivity contribution in [3.8, 4) is 5.75 Å². The molecule has 3 N–H and O–H groups in total. The first kappa shape index (κ1) is 23.8. The van der Waals surface area contributed by atoms with Crippen molar-refractivity contribution in [2.45, 2.75) is 19.0 Å². The van der Waals surface area contributed by atoms with Gasteiger partial charge in [0.2, 0.25) is 15.7 Å². The topological polar surface area (TPSA) is 126 Å². The molecule has 1 amide bonds. The number of aromatic hydroxyl groups is 1. The molecule has 0 saturated carbocycles. The smallest absolute Gasteiger partial charge is 0.380 e. The Bertz CT molecular complexity index is 1200. The zero-order valence-electron chi connectivity index (χ0n) is 18.3. The molecule has 1 aromatic carbocycles. The van der Waals surface area contributed by atoms with E-state index in [1.54, 1.807) is 14.0 Å². The second-order valence-corrected chi connectivity index (χ2v) is 10.1. The Morgan fingerprint density at radius 3 is 2.47 bits per heavy atom. The second kappa shape index (κ2) is 8.60. The molecule has 1 atom stereocenters. The van der Waals surface area contributed by atoms with Crippen LogP contribution in [-0.4, -0.2) is 66.1 Å². The molecule has 10 nitrogen and oxygen atoms in total. The van der Waals surface area contributed by atoms with Crippen LogP contribution in [-0.2, 0) is 29.2 Å². The molecule has 32 heavy (non-hydrogen) atoms. The molecule has 0 radical (unpaired) electrons. The van der Waals surface area contributed by atoms with Crippen molar-refractivity contribution in [1.29, 1.82) is 0 Å². The third kappa shape index (κ3) is 4.52. The van der Waals surface area contributed by atoms with E-state index in [0.717, 1.165) is 6.26 Å². The Morgan fingerprint density at radius 2 is 1.88 bits per heavy atom. The quantitative estimate of drug-likeness (QED) is 0.603. The molecular weight excluding hydrogens is 441 g/mol. The van der Waals surface area contributed by atoms with Crippen molar-refractivity contribution < 1.29 is 27.7 Å². The number of hydrogen-bond donors (Lipinski definition) is 2. The molecule has 2 heterocycles. The van der Waals surface area contributed by atoms with Crippen LogP contribution in [0.3, 0.4) is 0 Å². The number of aromatic amines is 1. The first-order valence-corrected chi connectivity index (χ1v) is 11.7. The van der Waals surface area contributed by atoms with Gasteiger partial charge in [0.1, 0.15) is 11.4 Å². The summed E-state index contributed by atoms with van der Waals surface area (Å²) in [5, 5.41) is 12.9. The molecule has 0 bridgehead atoms. The van der Waals surface area contributed by atoms with Gasteiger partial charge in [-0.3, -0.25) is 9.69 Å². The minimum Gasteiger partial charge on any atom is -0.498 e. The van der Waals surface area contributed by atoms with Crippen molar-refractivity contribution in [1.82, 2.24) is 19.1 Å². The van der Waals surface area contributed by atoms with E-state index in [1.165, 1.54) is 40.2 Å². The molecule has 1 aliphatic heterocycles. The zero-order valence-corrected chi connectivity index (χ0v) is 19.2. The lowest BCUT2D eigenvalue weighted by Crippen LogP contribution is -2.62. The molecule has 12 heteroatoms. The number of amides is 1. The molecule has 3 rings (SSSR count). The average molecular weight is 469 g/mol.